The lowest BCUT2D eigenvalue weighted by molar-refractivity contribution is -0.121. The van der Waals surface area contributed by atoms with E-state index in [2.05, 4.69) is 22.1 Å². The number of carbonyl (C=O) groups is 1. The highest BCUT2D eigenvalue weighted by atomic mass is 19.1. The van der Waals surface area contributed by atoms with Crippen LogP contribution in [0, 0.1) is 17.6 Å². The molecular formula is C25H35F2N3O. The molecule has 0 radical (unpaired) electrons. The minimum absolute atomic E-state index is 0.0957. The molecule has 0 aromatic heterocycles. The number of rotatable bonds is 11. The summed E-state index contributed by atoms with van der Waals surface area (Å²) < 4.78 is 28.7. The predicted molar refractivity (Wildman–Crippen MR) is 121 cm³/mol. The highest BCUT2D eigenvalue weighted by Crippen LogP contribution is 2.29. The van der Waals surface area contributed by atoms with Crippen molar-refractivity contribution in [2.75, 3.05) is 0 Å². The van der Waals surface area contributed by atoms with Crippen molar-refractivity contribution in [3.63, 3.8) is 0 Å². The normalized spacial score (nSPS) is 16.3. The quantitative estimate of drug-likeness (QED) is 0.298. The summed E-state index contributed by atoms with van der Waals surface area (Å²) in [6, 6.07) is 3.97. The highest BCUT2D eigenvalue weighted by molar-refractivity contribution is 5.76. The van der Waals surface area contributed by atoms with Crippen molar-refractivity contribution in [2.45, 2.75) is 84.2 Å². The van der Waals surface area contributed by atoms with Crippen LogP contribution in [0.3, 0.4) is 0 Å². The van der Waals surface area contributed by atoms with Crippen molar-refractivity contribution in [3.05, 3.63) is 53.6 Å². The molecule has 0 saturated heterocycles. The fourth-order valence-corrected chi connectivity index (χ4v) is 3.90. The number of nitrogens with zero attached hydrogens (tertiary/aromatic N) is 2. The smallest absolute Gasteiger partial charge is 0.220 e. The Morgan fingerprint density at radius 1 is 1.26 bits per heavy atom. The number of benzene rings is 1. The van der Waals surface area contributed by atoms with Crippen LogP contribution >= 0.6 is 0 Å². The standard InChI is InChI=1S/C25H35F2N3O/c1-5-19(10-8-15-24(31)28-20-11-6-7-12-20)18(4)16-23(30-29-17(2)3)25-21(26)13-9-14-22(25)27/h9,13-14,16-17,19-20H,4-8,10-12,15H2,1-3H3,(H,28,31)/b23-16-,30-29?/t19-/m1/s1. The largest absolute Gasteiger partial charge is 0.353 e. The van der Waals surface area contributed by atoms with E-state index >= 15 is 0 Å². The Labute approximate surface area is 184 Å². The van der Waals surface area contributed by atoms with Crippen LogP contribution in [0.4, 0.5) is 8.78 Å². The first-order chi connectivity index (χ1) is 14.8. The molecule has 1 aliphatic carbocycles. The van der Waals surface area contributed by atoms with E-state index in [0.717, 1.165) is 37.7 Å². The molecule has 0 aliphatic heterocycles. The van der Waals surface area contributed by atoms with Crippen molar-refractivity contribution in [1.82, 2.24) is 5.32 Å². The zero-order valence-electron chi connectivity index (χ0n) is 19.0. The van der Waals surface area contributed by atoms with Gasteiger partial charge in [0.1, 0.15) is 11.6 Å². The van der Waals surface area contributed by atoms with Gasteiger partial charge < -0.3 is 5.32 Å². The van der Waals surface area contributed by atoms with E-state index in [1.54, 1.807) is 6.08 Å². The summed E-state index contributed by atoms with van der Waals surface area (Å²) in [6.07, 6.45) is 8.96. The zero-order valence-corrected chi connectivity index (χ0v) is 19.0. The fraction of sp³-hybridized carbons (Fsp3) is 0.560. The number of allylic oxidation sites excluding steroid dienone is 2. The first-order valence-electron chi connectivity index (χ1n) is 11.4. The van der Waals surface area contributed by atoms with Crippen molar-refractivity contribution in [2.24, 2.45) is 16.1 Å². The molecule has 1 saturated carbocycles. The monoisotopic (exact) mass is 431 g/mol. The lowest BCUT2D eigenvalue weighted by atomic mass is 9.90. The van der Waals surface area contributed by atoms with Gasteiger partial charge in [0.2, 0.25) is 5.91 Å². The van der Waals surface area contributed by atoms with Crippen LogP contribution in [0.25, 0.3) is 5.70 Å². The Balaban J connectivity index is 2.06. The summed E-state index contributed by atoms with van der Waals surface area (Å²) in [4.78, 5) is 12.2. The molecular weight excluding hydrogens is 396 g/mol. The second-order valence-electron chi connectivity index (χ2n) is 8.56. The molecule has 0 bridgehead atoms. The molecule has 31 heavy (non-hydrogen) atoms. The molecule has 1 amide bonds. The van der Waals surface area contributed by atoms with Gasteiger partial charge in [-0.25, -0.2) is 8.78 Å². The second kappa shape index (κ2) is 12.5. The Morgan fingerprint density at radius 3 is 2.48 bits per heavy atom. The molecule has 0 spiro atoms. The predicted octanol–water partition coefficient (Wildman–Crippen LogP) is 6.98. The molecule has 4 nitrogen and oxygen atoms in total. The molecule has 1 N–H and O–H groups in total. The summed E-state index contributed by atoms with van der Waals surface area (Å²) in [5.74, 6) is -1.17. The van der Waals surface area contributed by atoms with Gasteiger partial charge in [-0.15, -0.1) is 0 Å². The molecule has 2 rings (SSSR count). The number of carbonyl (C=O) groups excluding carboxylic acids is 1. The van der Waals surface area contributed by atoms with Gasteiger partial charge in [-0.2, -0.15) is 10.2 Å². The Hall–Kier alpha value is -2.37. The van der Waals surface area contributed by atoms with E-state index in [-0.39, 0.29) is 29.1 Å². The molecule has 6 heteroatoms. The van der Waals surface area contributed by atoms with E-state index in [4.69, 9.17) is 0 Å². The summed E-state index contributed by atoms with van der Waals surface area (Å²) in [5.41, 5.74) is 0.671. The van der Waals surface area contributed by atoms with Crippen molar-refractivity contribution in [1.29, 1.82) is 0 Å². The van der Waals surface area contributed by atoms with E-state index < -0.39 is 11.6 Å². The van der Waals surface area contributed by atoms with Gasteiger partial charge in [0.25, 0.3) is 0 Å². The summed E-state index contributed by atoms with van der Waals surface area (Å²) in [6.45, 7) is 9.87. The van der Waals surface area contributed by atoms with E-state index in [1.165, 1.54) is 31.0 Å². The van der Waals surface area contributed by atoms with Crippen LogP contribution < -0.4 is 5.32 Å². The molecule has 170 valence electrons. The zero-order chi connectivity index (χ0) is 22.8. The van der Waals surface area contributed by atoms with Gasteiger partial charge in [-0.3, -0.25) is 4.79 Å². The number of nitrogens with one attached hydrogen (secondary N) is 1. The van der Waals surface area contributed by atoms with Gasteiger partial charge >= 0.3 is 0 Å². The van der Waals surface area contributed by atoms with Crippen LogP contribution in [0.15, 0.2) is 46.7 Å². The maximum atomic E-state index is 14.4. The van der Waals surface area contributed by atoms with E-state index in [1.807, 2.05) is 20.8 Å². The highest BCUT2D eigenvalue weighted by Gasteiger charge is 2.19. The molecule has 0 heterocycles. The third-order valence-electron chi connectivity index (χ3n) is 5.63. The average molecular weight is 432 g/mol. The first kappa shape index (κ1) is 24.9. The average Bonchev–Trinajstić information content (AvgIpc) is 3.21. The summed E-state index contributed by atoms with van der Waals surface area (Å²) in [7, 11) is 0. The minimum atomic E-state index is -0.682. The molecule has 1 aromatic carbocycles. The van der Waals surface area contributed by atoms with Crippen LogP contribution in [0.1, 0.15) is 77.7 Å². The van der Waals surface area contributed by atoms with Crippen LogP contribution in [-0.2, 0) is 4.79 Å². The van der Waals surface area contributed by atoms with Crippen LogP contribution in [-0.4, -0.2) is 18.0 Å². The van der Waals surface area contributed by atoms with E-state index in [0.29, 0.717) is 12.5 Å². The molecule has 1 aromatic rings. The van der Waals surface area contributed by atoms with Crippen LogP contribution in [0.5, 0.6) is 0 Å². The molecule has 1 aliphatic rings. The lowest BCUT2D eigenvalue weighted by Gasteiger charge is -2.17. The number of hydrogen-bond donors (Lipinski definition) is 1. The van der Waals surface area contributed by atoms with Crippen molar-refractivity contribution >= 4 is 11.6 Å². The topological polar surface area (TPSA) is 53.8 Å². The third-order valence-corrected chi connectivity index (χ3v) is 5.63. The second-order valence-corrected chi connectivity index (χ2v) is 8.56. The minimum Gasteiger partial charge on any atom is -0.353 e. The SMILES string of the molecule is C=C(/C=C(\N=NC(C)C)c1c(F)cccc1F)[C@H](CC)CCCC(=O)NC1CCCC1. The van der Waals surface area contributed by atoms with Crippen molar-refractivity contribution < 1.29 is 13.6 Å². The molecule has 0 unspecified atom stereocenters. The fourth-order valence-electron chi connectivity index (χ4n) is 3.90. The first-order valence-corrected chi connectivity index (χ1v) is 11.4. The maximum absolute atomic E-state index is 14.4. The molecule has 1 atom stereocenters. The van der Waals surface area contributed by atoms with Gasteiger partial charge in [0.15, 0.2) is 0 Å². The number of hydrogen-bond acceptors (Lipinski definition) is 3. The number of halogens is 2. The molecule has 1 fully saturated rings. The van der Waals surface area contributed by atoms with Gasteiger partial charge in [0.05, 0.1) is 17.3 Å². The summed E-state index contributed by atoms with van der Waals surface area (Å²) in [5, 5.41) is 11.3. The number of azo groups is 1. The van der Waals surface area contributed by atoms with Gasteiger partial charge in [-0.05, 0) is 75.7 Å². The summed E-state index contributed by atoms with van der Waals surface area (Å²) >= 11 is 0. The lowest BCUT2D eigenvalue weighted by Crippen LogP contribution is -2.32. The third kappa shape index (κ3) is 8.00. The van der Waals surface area contributed by atoms with Gasteiger partial charge in [-0.1, -0.05) is 32.4 Å². The maximum Gasteiger partial charge on any atom is 0.220 e. The Morgan fingerprint density at radius 2 is 1.90 bits per heavy atom. The van der Waals surface area contributed by atoms with Gasteiger partial charge in [0, 0.05) is 12.5 Å². The number of amides is 1. The Bertz CT molecular complexity index is 791. The van der Waals surface area contributed by atoms with Crippen LogP contribution in [0.2, 0.25) is 0 Å². The Kier molecular flexibility index (Phi) is 10.0. The van der Waals surface area contributed by atoms with Crippen molar-refractivity contribution in [3.8, 4) is 0 Å². The van der Waals surface area contributed by atoms with E-state index in [9.17, 15) is 13.6 Å².